The van der Waals surface area contributed by atoms with Gasteiger partial charge in [-0.25, -0.2) is 19.2 Å². The van der Waals surface area contributed by atoms with E-state index < -0.39 is 6.09 Å². The molecule has 0 aliphatic carbocycles. The normalized spacial score (nSPS) is 10.7. The molecule has 0 bridgehead atoms. The average Bonchev–Trinajstić information content (AvgIpc) is 3.25. The van der Waals surface area contributed by atoms with Crippen LogP contribution in [-0.2, 0) is 4.94 Å². The predicted molar refractivity (Wildman–Crippen MR) is 86.2 cm³/mol. The van der Waals surface area contributed by atoms with Gasteiger partial charge in [-0.05, 0) is 23.8 Å². The monoisotopic (exact) mass is 336 g/mol. The smallest absolute Gasteiger partial charge is 0.346 e. The number of carbonyl (C=O) groups excluding carboxylic acids is 1. The Morgan fingerprint density at radius 3 is 3.08 bits per heavy atom. The third kappa shape index (κ3) is 2.42. The van der Waals surface area contributed by atoms with Crippen molar-refractivity contribution in [2.75, 3.05) is 5.32 Å². The molecule has 0 aliphatic rings. The topological polar surface area (TPSA) is 108 Å². The summed E-state index contributed by atoms with van der Waals surface area (Å²) in [6, 6.07) is 9.12. The first-order valence-corrected chi connectivity index (χ1v) is 7.15. The molecule has 9 heteroatoms. The van der Waals surface area contributed by atoms with Crippen molar-refractivity contribution >= 4 is 28.5 Å². The summed E-state index contributed by atoms with van der Waals surface area (Å²) >= 11 is 0. The maximum Gasteiger partial charge on any atom is 0.450 e. The van der Waals surface area contributed by atoms with Crippen LogP contribution in [0.1, 0.15) is 5.56 Å². The largest absolute Gasteiger partial charge is 0.450 e. The average molecular weight is 336 g/mol. The number of hydrogen-bond acceptors (Lipinski definition) is 5. The number of carbonyl (C=O) groups is 1. The van der Waals surface area contributed by atoms with Crippen molar-refractivity contribution in [3.63, 3.8) is 0 Å². The molecular formula is C16H9FN6O2. The number of amides is 1. The number of pyridine rings is 2. The van der Waals surface area contributed by atoms with Crippen molar-refractivity contribution in [1.82, 2.24) is 19.6 Å². The van der Waals surface area contributed by atoms with Crippen LogP contribution in [0, 0.1) is 11.3 Å². The van der Waals surface area contributed by atoms with Crippen LogP contribution in [0.5, 0.6) is 0 Å². The number of nitrogens with zero attached hydrogens (tertiary/aromatic N) is 4. The van der Waals surface area contributed by atoms with Crippen molar-refractivity contribution in [2.45, 2.75) is 0 Å². The molecule has 4 aromatic heterocycles. The lowest BCUT2D eigenvalue weighted by molar-refractivity contribution is -0.0544. The summed E-state index contributed by atoms with van der Waals surface area (Å²) < 4.78 is 13.3. The fourth-order valence-corrected chi connectivity index (χ4v) is 2.69. The van der Waals surface area contributed by atoms with Crippen molar-refractivity contribution in [1.29, 1.82) is 5.26 Å². The quantitative estimate of drug-likeness (QED) is 0.584. The molecule has 25 heavy (non-hydrogen) atoms. The van der Waals surface area contributed by atoms with E-state index in [1.54, 1.807) is 42.9 Å². The van der Waals surface area contributed by atoms with Crippen molar-refractivity contribution < 1.29 is 14.3 Å². The highest BCUT2D eigenvalue weighted by Crippen LogP contribution is 2.29. The van der Waals surface area contributed by atoms with Gasteiger partial charge in [0, 0.05) is 40.1 Å². The fraction of sp³-hybridized carbons (Fsp3) is 0. The molecule has 4 heterocycles. The zero-order chi connectivity index (χ0) is 17.4. The highest BCUT2D eigenvalue weighted by Gasteiger charge is 2.13. The van der Waals surface area contributed by atoms with E-state index in [9.17, 15) is 14.6 Å². The van der Waals surface area contributed by atoms with Crippen LogP contribution in [0.25, 0.3) is 27.7 Å². The van der Waals surface area contributed by atoms with E-state index in [1.165, 1.54) is 4.52 Å². The Morgan fingerprint density at radius 1 is 1.40 bits per heavy atom. The summed E-state index contributed by atoms with van der Waals surface area (Å²) in [5.74, 6) is 0.138. The molecule has 1 amide bonds. The Kier molecular flexibility index (Phi) is 3.29. The minimum Gasteiger partial charge on any atom is -0.346 e. The summed E-state index contributed by atoms with van der Waals surface area (Å²) in [6.45, 7) is 0. The highest BCUT2D eigenvalue weighted by atomic mass is 19.3. The van der Waals surface area contributed by atoms with Crippen LogP contribution in [-0.4, -0.2) is 25.7 Å². The van der Waals surface area contributed by atoms with Gasteiger partial charge in [-0.1, -0.05) is 0 Å². The number of fused-ring (bicyclic) bond motifs is 2. The molecular weight excluding hydrogens is 327 g/mol. The Hall–Kier alpha value is -3.93. The SMILES string of the molecule is N#Cc1c(-c2ccn3nc(NC(=O)OF)cc3c2)cnc2[nH]ccc12. The number of H-pyrrole nitrogens is 1. The van der Waals surface area contributed by atoms with E-state index in [0.29, 0.717) is 22.3 Å². The number of rotatable bonds is 2. The minimum absolute atomic E-state index is 0.138. The second-order valence-corrected chi connectivity index (χ2v) is 5.20. The molecule has 4 rings (SSSR count). The molecule has 0 spiro atoms. The molecule has 0 saturated heterocycles. The maximum atomic E-state index is 11.8. The number of nitrogens with one attached hydrogen (secondary N) is 2. The zero-order valence-corrected chi connectivity index (χ0v) is 12.5. The van der Waals surface area contributed by atoms with Gasteiger partial charge >= 0.3 is 6.09 Å². The van der Waals surface area contributed by atoms with Crippen LogP contribution >= 0.6 is 0 Å². The van der Waals surface area contributed by atoms with Crippen LogP contribution in [0.2, 0.25) is 0 Å². The van der Waals surface area contributed by atoms with Gasteiger partial charge in [-0.2, -0.15) is 5.26 Å². The molecule has 8 nitrogen and oxygen atoms in total. The second-order valence-electron chi connectivity index (χ2n) is 5.20. The number of hydrogen-bond donors (Lipinski definition) is 2. The molecule has 0 fully saturated rings. The fourth-order valence-electron chi connectivity index (χ4n) is 2.69. The molecule has 0 unspecified atom stereocenters. The Morgan fingerprint density at radius 2 is 2.28 bits per heavy atom. The van der Waals surface area contributed by atoms with Crippen LogP contribution in [0.15, 0.2) is 42.9 Å². The van der Waals surface area contributed by atoms with Crippen LogP contribution in [0.3, 0.4) is 0 Å². The first kappa shape index (κ1) is 14.6. The van der Waals surface area contributed by atoms with E-state index >= 15 is 0 Å². The third-order valence-electron chi connectivity index (χ3n) is 3.77. The van der Waals surface area contributed by atoms with Gasteiger partial charge in [0.1, 0.15) is 11.7 Å². The highest BCUT2D eigenvalue weighted by molar-refractivity contribution is 5.90. The van der Waals surface area contributed by atoms with Crippen molar-refractivity contribution in [3.05, 3.63) is 48.4 Å². The standard InChI is InChI=1S/C16H9FN6O2/c17-25-16(24)21-14-6-10-5-9(2-4-23(10)22-14)13-8-20-15-11(1-3-19-15)12(13)7-18/h1-6,8H,(H,19,20)(H,21,22,24). The van der Waals surface area contributed by atoms with E-state index in [2.05, 4.69) is 31.4 Å². The lowest BCUT2D eigenvalue weighted by atomic mass is 10.0. The number of aromatic amines is 1. The summed E-state index contributed by atoms with van der Waals surface area (Å²) in [6.07, 6.45) is 3.76. The summed E-state index contributed by atoms with van der Waals surface area (Å²) in [4.78, 5) is 21.3. The first-order chi connectivity index (χ1) is 12.2. The molecule has 0 saturated carbocycles. The molecule has 2 N–H and O–H groups in total. The molecule has 0 aliphatic heterocycles. The Balaban J connectivity index is 1.82. The number of halogens is 1. The molecule has 0 atom stereocenters. The van der Waals surface area contributed by atoms with E-state index in [-0.39, 0.29) is 5.82 Å². The second kappa shape index (κ2) is 5.61. The van der Waals surface area contributed by atoms with E-state index in [1.807, 2.05) is 0 Å². The van der Waals surface area contributed by atoms with Crippen molar-refractivity contribution in [3.8, 4) is 17.2 Å². The van der Waals surface area contributed by atoms with Crippen molar-refractivity contribution in [2.24, 2.45) is 0 Å². The Labute approximate surface area is 139 Å². The lowest BCUT2D eigenvalue weighted by Gasteiger charge is -2.05. The minimum atomic E-state index is -1.25. The van der Waals surface area contributed by atoms with Gasteiger partial charge in [-0.15, -0.1) is 5.10 Å². The van der Waals surface area contributed by atoms with Crippen LogP contribution in [0.4, 0.5) is 15.1 Å². The third-order valence-corrected chi connectivity index (χ3v) is 3.77. The summed E-state index contributed by atoms with van der Waals surface area (Å²) in [5.41, 5.74) is 3.23. The number of anilines is 1. The van der Waals surface area contributed by atoms with Crippen LogP contribution < -0.4 is 5.32 Å². The van der Waals surface area contributed by atoms with Gasteiger partial charge < -0.3 is 4.98 Å². The Bertz CT molecular complexity index is 1160. The summed E-state index contributed by atoms with van der Waals surface area (Å²) in [7, 11) is 0. The van der Waals surface area contributed by atoms with Gasteiger partial charge in [0.25, 0.3) is 0 Å². The molecule has 4 aromatic rings. The lowest BCUT2D eigenvalue weighted by Crippen LogP contribution is -2.09. The number of aromatic nitrogens is 4. The van der Waals surface area contributed by atoms with Gasteiger partial charge in [-0.3, -0.25) is 5.32 Å². The molecule has 122 valence electrons. The first-order valence-electron chi connectivity index (χ1n) is 7.15. The zero-order valence-electron chi connectivity index (χ0n) is 12.5. The number of nitriles is 1. The van der Waals surface area contributed by atoms with Gasteiger partial charge in [0.2, 0.25) is 0 Å². The predicted octanol–water partition coefficient (Wildman–Crippen LogP) is 3.18. The van der Waals surface area contributed by atoms with E-state index in [0.717, 1.165) is 10.9 Å². The summed E-state index contributed by atoms with van der Waals surface area (Å²) in [5, 5.41) is 16.5. The van der Waals surface area contributed by atoms with Gasteiger partial charge in [0.15, 0.2) is 5.82 Å². The van der Waals surface area contributed by atoms with E-state index in [4.69, 9.17) is 0 Å². The molecule has 0 radical (unpaired) electrons. The van der Waals surface area contributed by atoms with Gasteiger partial charge in [0.05, 0.1) is 11.1 Å². The molecule has 0 aromatic carbocycles. The maximum absolute atomic E-state index is 11.8.